The van der Waals surface area contributed by atoms with Crippen molar-refractivity contribution in [2.45, 2.75) is 12.5 Å². The fourth-order valence-corrected chi connectivity index (χ4v) is 2.48. The highest BCUT2D eigenvalue weighted by Crippen LogP contribution is 2.25. The zero-order valence-corrected chi connectivity index (χ0v) is 13.1. The van der Waals surface area contributed by atoms with Gasteiger partial charge in [0.05, 0.1) is 6.61 Å². The zero-order valence-electron chi connectivity index (χ0n) is 12.3. The summed E-state index contributed by atoms with van der Waals surface area (Å²) in [7, 11) is 0. The fraction of sp³-hybridized carbons (Fsp3) is 0.158. The van der Waals surface area contributed by atoms with Gasteiger partial charge in [-0.05, 0) is 17.0 Å². The number of ether oxygens (including phenoxy) is 1. The first-order valence-corrected chi connectivity index (χ1v) is 7.26. The Morgan fingerprint density at radius 1 is 0.818 bits per heavy atom. The Balaban J connectivity index is 0.00000176. The molecule has 0 aromatic heterocycles. The van der Waals surface area contributed by atoms with E-state index in [0.29, 0.717) is 6.61 Å². The van der Waals surface area contributed by atoms with Gasteiger partial charge in [0, 0.05) is 17.8 Å². The molecular weight excluding hydrogens is 294 g/mol. The highest BCUT2D eigenvalue weighted by molar-refractivity contribution is 5.88. The minimum absolute atomic E-state index is 0. The van der Waals surface area contributed by atoms with Crippen LogP contribution in [0.4, 0.5) is 0 Å². The van der Waals surface area contributed by atoms with Crippen molar-refractivity contribution in [3.05, 3.63) is 78.4 Å². The fourth-order valence-electron chi connectivity index (χ4n) is 2.48. The summed E-state index contributed by atoms with van der Waals surface area (Å²) in [5, 5.41) is 2.34. The topological polar surface area (TPSA) is 35.2 Å². The van der Waals surface area contributed by atoms with Gasteiger partial charge in [0.25, 0.3) is 0 Å². The molecule has 0 aliphatic heterocycles. The van der Waals surface area contributed by atoms with Crippen molar-refractivity contribution in [1.29, 1.82) is 0 Å². The third kappa shape index (κ3) is 3.79. The summed E-state index contributed by atoms with van der Waals surface area (Å²) in [4.78, 5) is 0. The van der Waals surface area contributed by atoms with Crippen LogP contribution in [-0.2, 0) is 0 Å². The van der Waals surface area contributed by atoms with Crippen LogP contribution in [-0.4, -0.2) is 6.61 Å². The summed E-state index contributed by atoms with van der Waals surface area (Å²) in [6, 6.07) is 24.5. The van der Waals surface area contributed by atoms with Gasteiger partial charge in [-0.1, -0.05) is 66.7 Å². The van der Waals surface area contributed by atoms with Crippen LogP contribution >= 0.6 is 12.4 Å². The van der Waals surface area contributed by atoms with Crippen LogP contribution in [0.3, 0.4) is 0 Å². The first-order chi connectivity index (χ1) is 10.3. The van der Waals surface area contributed by atoms with E-state index in [9.17, 15) is 0 Å². The van der Waals surface area contributed by atoms with Crippen molar-refractivity contribution in [3.8, 4) is 5.75 Å². The Hall–Kier alpha value is -2.03. The van der Waals surface area contributed by atoms with Crippen LogP contribution in [0.1, 0.15) is 18.0 Å². The first kappa shape index (κ1) is 16.3. The van der Waals surface area contributed by atoms with Crippen molar-refractivity contribution in [2.75, 3.05) is 6.61 Å². The third-order valence-electron chi connectivity index (χ3n) is 3.66. The normalized spacial score (nSPS) is 11.7. The van der Waals surface area contributed by atoms with Crippen molar-refractivity contribution < 1.29 is 4.74 Å². The lowest BCUT2D eigenvalue weighted by Crippen LogP contribution is -2.14. The van der Waals surface area contributed by atoms with Gasteiger partial charge in [-0.25, -0.2) is 0 Å². The second-order valence-corrected chi connectivity index (χ2v) is 5.13. The van der Waals surface area contributed by atoms with E-state index in [0.717, 1.165) is 23.1 Å². The molecule has 1 atom stereocenters. The van der Waals surface area contributed by atoms with E-state index in [-0.39, 0.29) is 18.4 Å². The van der Waals surface area contributed by atoms with Crippen LogP contribution in [0.2, 0.25) is 0 Å². The van der Waals surface area contributed by atoms with Gasteiger partial charge >= 0.3 is 0 Å². The summed E-state index contributed by atoms with van der Waals surface area (Å²) in [6.45, 7) is 0.615. The number of benzene rings is 3. The lowest BCUT2D eigenvalue weighted by Gasteiger charge is -2.14. The minimum atomic E-state index is 0. The molecule has 2 N–H and O–H groups in total. The lowest BCUT2D eigenvalue weighted by molar-refractivity contribution is 0.302. The SMILES string of the molecule is Cl.N[C@@H](CCOc1cccc2ccccc12)c1ccccc1. The Bertz CT molecular complexity index is 709. The molecule has 0 unspecified atom stereocenters. The van der Waals surface area contributed by atoms with Crippen molar-refractivity contribution in [1.82, 2.24) is 0 Å². The molecule has 3 heteroatoms. The molecule has 114 valence electrons. The molecule has 0 radical (unpaired) electrons. The predicted octanol–water partition coefficient (Wildman–Crippen LogP) is 4.73. The van der Waals surface area contributed by atoms with E-state index in [1.807, 2.05) is 42.5 Å². The van der Waals surface area contributed by atoms with Crippen LogP contribution in [0.25, 0.3) is 10.8 Å². The average molecular weight is 314 g/mol. The molecule has 3 aromatic rings. The van der Waals surface area contributed by atoms with E-state index in [4.69, 9.17) is 10.5 Å². The average Bonchev–Trinajstić information content (AvgIpc) is 2.56. The number of rotatable bonds is 5. The van der Waals surface area contributed by atoms with Crippen molar-refractivity contribution in [2.24, 2.45) is 5.73 Å². The molecule has 2 nitrogen and oxygen atoms in total. The van der Waals surface area contributed by atoms with Gasteiger partial charge in [-0.15, -0.1) is 12.4 Å². The maximum atomic E-state index is 6.19. The van der Waals surface area contributed by atoms with E-state index in [2.05, 4.69) is 30.3 Å². The molecule has 0 aliphatic rings. The van der Waals surface area contributed by atoms with Gasteiger partial charge in [0.15, 0.2) is 0 Å². The molecular formula is C19H20ClNO. The van der Waals surface area contributed by atoms with Crippen LogP contribution in [0.15, 0.2) is 72.8 Å². The third-order valence-corrected chi connectivity index (χ3v) is 3.66. The molecule has 0 saturated heterocycles. The lowest BCUT2D eigenvalue weighted by atomic mass is 10.1. The summed E-state index contributed by atoms with van der Waals surface area (Å²) >= 11 is 0. The molecule has 0 saturated carbocycles. The Kier molecular flexibility index (Phi) is 5.82. The van der Waals surface area contributed by atoms with Crippen LogP contribution < -0.4 is 10.5 Å². The molecule has 0 aliphatic carbocycles. The summed E-state index contributed by atoms with van der Waals surface area (Å²) < 4.78 is 5.93. The molecule has 3 rings (SSSR count). The van der Waals surface area contributed by atoms with Gasteiger partial charge in [0.2, 0.25) is 0 Å². The molecule has 22 heavy (non-hydrogen) atoms. The first-order valence-electron chi connectivity index (χ1n) is 7.26. The standard InChI is InChI=1S/C19H19NO.ClH/c20-18(16-8-2-1-3-9-16)13-14-21-19-12-6-10-15-7-4-5-11-17(15)19;/h1-12,18H,13-14,20H2;1H/t18-;/m0./s1. The van der Waals surface area contributed by atoms with E-state index < -0.39 is 0 Å². The highest BCUT2D eigenvalue weighted by atomic mass is 35.5. The van der Waals surface area contributed by atoms with E-state index >= 15 is 0 Å². The highest BCUT2D eigenvalue weighted by Gasteiger charge is 2.06. The summed E-state index contributed by atoms with van der Waals surface area (Å²) in [5.41, 5.74) is 7.34. The number of hydrogen-bond donors (Lipinski definition) is 1. The van der Waals surface area contributed by atoms with Crippen molar-refractivity contribution >= 4 is 23.2 Å². The smallest absolute Gasteiger partial charge is 0.127 e. The predicted molar refractivity (Wildman–Crippen MR) is 94.7 cm³/mol. The molecule has 0 amide bonds. The zero-order chi connectivity index (χ0) is 14.5. The van der Waals surface area contributed by atoms with Gasteiger partial charge < -0.3 is 10.5 Å². The quantitative estimate of drug-likeness (QED) is 0.739. The molecule has 3 aromatic carbocycles. The van der Waals surface area contributed by atoms with Gasteiger partial charge in [-0.2, -0.15) is 0 Å². The van der Waals surface area contributed by atoms with Gasteiger partial charge in [-0.3, -0.25) is 0 Å². The molecule has 0 spiro atoms. The number of hydrogen-bond acceptors (Lipinski definition) is 2. The van der Waals surface area contributed by atoms with Crippen LogP contribution in [0.5, 0.6) is 5.75 Å². The largest absolute Gasteiger partial charge is 0.493 e. The second-order valence-electron chi connectivity index (χ2n) is 5.13. The molecule has 0 fully saturated rings. The minimum Gasteiger partial charge on any atom is -0.493 e. The number of nitrogens with two attached hydrogens (primary N) is 1. The Labute approximate surface area is 137 Å². The molecule has 0 heterocycles. The Morgan fingerprint density at radius 3 is 2.32 bits per heavy atom. The monoisotopic (exact) mass is 313 g/mol. The second kappa shape index (κ2) is 7.83. The summed E-state index contributed by atoms with van der Waals surface area (Å²) in [5.74, 6) is 0.924. The summed E-state index contributed by atoms with van der Waals surface area (Å²) in [6.07, 6.45) is 0.799. The maximum Gasteiger partial charge on any atom is 0.127 e. The maximum absolute atomic E-state index is 6.19. The number of fused-ring (bicyclic) bond motifs is 1. The Morgan fingerprint density at radius 2 is 1.50 bits per heavy atom. The van der Waals surface area contributed by atoms with E-state index in [1.165, 1.54) is 5.39 Å². The van der Waals surface area contributed by atoms with Crippen molar-refractivity contribution in [3.63, 3.8) is 0 Å². The van der Waals surface area contributed by atoms with E-state index in [1.54, 1.807) is 0 Å². The van der Waals surface area contributed by atoms with Crippen LogP contribution in [0, 0.1) is 0 Å². The number of halogens is 1. The molecule has 0 bridgehead atoms. The van der Waals surface area contributed by atoms with Gasteiger partial charge in [0.1, 0.15) is 5.75 Å².